The summed E-state index contributed by atoms with van der Waals surface area (Å²) in [4.78, 5) is 51.1. The molecule has 0 aromatic carbocycles. The molecule has 2 bridgehead atoms. The average Bonchev–Trinajstić information content (AvgIpc) is 2.74. The molecular weight excluding hydrogens is 376 g/mol. The Balaban J connectivity index is 1.88. The second-order valence-electron chi connectivity index (χ2n) is 10.1. The predicted molar refractivity (Wildman–Crippen MR) is 100 cm³/mol. The van der Waals surface area contributed by atoms with Gasteiger partial charge in [-0.25, -0.2) is 0 Å². The van der Waals surface area contributed by atoms with Gasteiger partial charge in [0.2, 0.25) is 0 Å². The molecule has 7 heteroatoms. The summed E-state index contributed by atoms with van der Waals surface area (Å²) in [5.41, 5.74) is -3.32. The third kappa shape index (κ3) is 2.15. The summed E-state index contributed by atoms with van der Waals surface area (Å²) in [7, 11) is 0. The van der Waals surface area contributed by atoms with E-state index < -0.39 is 64.1 Å². The van der Waals surface area contributed by atoms with Crippen LogP contribution in [0, 0.1) is 34.0 Å². The molecule has 0 amide bonds. The van der Waals surface area contributed by atoms with Crippen molar-refractivity contribution < 1.29 is 34.1 Å². The van der Waals surface area contributed by atoms with Gasteiger partial charge in [-0.1, -0.05) is 27.4 Å². The molecule has 4 rings (SSSR count). The number of ether oxygens (including phenoxy) is 1. The van der Waals surface area contributed by atoms with E-state index in [-0.39, 0.29) is 36.4 Å². The Morgan fingerprint density at radius 1 is 1.10 bits per heavy atom. The number of esters is 1. The van der Waals surface area contributed by atoms with Crippen LogP contribution in [0.5, 0.6) is 0 Å². The van der Waals surface area contributed by atoms with Gasteiger partial charge in [0.25, 0.3) is 0 Å². The van der Waals surface area contributed by atoms with Crippen molar-refractivity contribution in [1.82, 2.24) is 0 Å². The molecule has 0 heterocycles. The lowest BCUT2D eigenvalue weighted by Gasteiger charge is -2.64. The molecule has 1 spiro atoms. The number of carbonyl (C=O) groups is 4. The van der Waals surface area contributed by atoms with Crippen molar-refractivity contribution in [2.24, 2.45) is 34.0 Å². The molecular formula is C22H28O7. The number of hydrogen-bond donors (Lipinski definition) is 2. The lowest BCUT2D eigenvalue weighted by Crippen LogP contribution is -2.71. The molecule has 0 aliphatic heterocycles. The molecule has 2 N–H and O–H groups in total. The first-order valence-corrected chi connectivity index (χ1v) is 10.1. The van der Waals surface area contributed by atoms with Crippen molar-refractivity contribution in [3.63, 3.8) is 0 Å². The topological polar surface area (TPSA) is 118 Å². The van der Waals surface area contributed by atoms with Gasteiger partial charge in [-0.05, 0) is 18.3 Å². The Kier molecular flexibility index (Phi) is 4.12. The van der Waals surface area contributed by atoms with Gasteiger partial charge in [-0.15, -0.1) is 0 Å². The first-order valence-electron chi connectivity index (χ1n) is 10.1. The van der Waals surface area contributed by atoms with Crippen molar-refractivity contribution in [1.29, 1.82) is 0 Å². The number of aliphatic hydroxyl groups excluding tert-OH is 2. The Labute approximate surface area is 169 Å². The summed E-state index contributed by atoms with van der Waals surface area (Å²) < 4.78 is 5.44. The van der Waals surface area contributed by atoms with Crippen LogP contribution < -0.4 is 0 Å². The van der Waals surface area contributed by atoms with Crippen LogP contribution in [0.3, 0.4) is 0 Å². The van der Waals surface area contributed by atoms with E-state index >= 15 is 0 Å². The zero-order valence-electron chi connectivity index (χ0n) is 17.2. The zero-order valence-corrected chi connectivity index (χ0v) is 17.2. The molecule has 7 nitrogen and oxygen atoms in total. The van der Waals surface area contributed by atoms with Crippen LogP contribution in [0.4, 0.5) is 0 Å². The van der Waals surface area contributed by atoms with Crippen LogP contribution in [0.2, 0.25) is 0 Å². The van der Waals surface area contributed by atoms with Crippen LogP contribution in [-0.4, -0.2) is 51.8 Å². The second-order valence-corrected chi connectivity index (χ2v) is 10.1. The van der Waals surface area contributed by atoms with E-state index in [1.807, 2.05) is 13.8 Å². The maximum Gasteiger partial charge on any atom is 0.302 e. The molecule has 4 aliphatic rings. The minimum atomic E-state index is -1.58. The fraction of sp³-hybridized carbons (Fsp3) is 0.727. The highest BCUT2D eigenvalue weighted by molar-refractivity contribution is 6.12. The molecule has 29 heavy (non-hydrogen) atoms. The summed E-state index contributed by atoms with van der Waals surface area (Å²) in [5, 5.41) is 22.2. The lowest BCUT2D eigenvalue weighted by atomic mass is 9.39. The maximum atomic E-state index is 13.5. The van der Waals surface area contributed by atoms with E-state index in [1.165, 1.54) is 6.92 Å². The molecule has 4 fully saturated rings. The molecule has 8 unspecified atom stereocenters. The standard InChI is InChI=1S/C22H28O7/c1-9-17-11(24)6-13-21(5)12(7-15(26)22(13,18(9)27)19(17)28)20(3,4)16(8-14(21)25)29-10(2)23/h12-13,15-17,19,26,28H,1,6-8H2,2-5H3. The molecule has 4 aliphatic carbocycles. The number of aliphatic hydroxyl groups is 2. The fourth-order valence-electron chi connectivity index (χ4n) is 7.18. The summed E-state index contributed by atoms with van der Waals surface area (Å²) in [6.07, 6.45) is -3.23. The summed E-state index contributed by atoms with van der Waals surface area (Å²) >= 11 is 0. The monoisotopic (exact) mass is 404 g/mol. The Morgan fingerprint density at radius 3 is 2.31 bits per heavy atom. The van der Waals surface area contributed by atoms with Crippen molar-refractivity contribution in [2.75, 3.05) is 0 Å². The van der Waals surface area contributed by atoms with Gasteiger partial charge in [0.05, 0.1) is 23.5 Å². The van der Waals surface area contributed by atoms with Crippen molar-refractivity contribution in [3.8, 4) is 0 Å². The van der Waals surface area contributed by atoms with Crippen molar-refractivity contribution >= 4 is 23.3 Å². The van der Waals surface area contributed by atoms with E-state index in [0.717, 1.165) is 0 Å². The average molecular weight is 404 g/mol. The Morgan fingerprint density at radius 2 is 1.72 bits per heavy atom. The number of hydrogen-bond acceptors (Lipinski definition) is 7. The van der Waals surface area contributed by atoms with Gasteiger partial charge in [-0.3, -0.25) is 19.2 Å². The third-order valence-electron chi connectivity index (χ3n) is 8.66. The quantitative estimate of drug-likeness (QED) is 0.494. The van der Waals surface area contributed by atoms with Gasteiger partial charge < -0.3 is 14.9 Å². The first-order chi connectivity index (χ1) is 13.3. The summed E-state index contributed by atoms with van der Waals surface area (Å²) in [6, 6.07) is 0. The number of Topliss-reactive ketones (excluding diaryl/α,β-unsaturated/α-hetero) is 3. The molecule has 8 atom stereocenters. The number of rotatable bonds is 1. The number of carbonyl (C=O) groups excluding carboxylic acids is 4. The second kappa shape index (κ2) is 5.85. The van der Waals surface area contributed by atoms with Crippen LogP contribution in [-0.2, 0) is 23.9 Å². The van der Waals surface area contributed by atoms with Crippen molar-refractivity contribution in [3.05, 3.63) is 12.2 Å². The summed E-state index contributed by atoms with van der Waals surface area (Å²) in [6.45, 7) is 10.6. The molecule has 158 valence electrons. The predicted octanol–water partition coefficient (Wildman–Crippen LogP) is 0.996. The van der Waals surface area contributed by atoms with Gasteiger partial charge in [0.15, 0.2) is 5.78 Å². The Bertz CT molecular complexity index is 857. The van der Waals surface area contributed by atoms with E-state index in [0.29, 0.717) is 0 Å². The molecule has 4 saturated carbocycles. The molecule has 0 aromatic rings. The smallest absolute Gasteiger partial charge is 0.302 e. The van der Waals surface area contributed by atoms with E-state index in [1.54, 1.807) is 6.92 Å². The minimum Gasteiger partial charge on any atom is -0.462 e. The van der Waals surface area contributed by atoms with Crippen LogP contribution in [0.15, 0.2) is 12.2 Å². The molecule has 0 saturated heterocycles. The zero-order chi connectivity index (χ0) is 21.7. The van der Waals surface area contributed by atoms with E-state index in [9.17, 15) is 29.4 Å². The highest BCUT2D eigenvalue weighted by atomic mass is 16.5. The normalized spacial score (nSPS) is 48.2. The fourth-order valence-corrected chi connectivity index (χ4v) is 7.18. The van der Waals surface area contributed by atoms with Crippen LogP contribution >= 0.6 is 0 Å². The van der Waals surface area contributed by atoms with E-state index in [4.69, 9.17) is 4.74 Å². The van der Waals surface area contributed by atoms with Gasteiger partial charge in [-0.2, -0.15) is 0 Å². The largest absolute Gasteiger partial charge is 0.462 e. The first kappa shape index (κ1) is 20.4. The van der Waals surface area contributed by atoms with Gasteiger partial charge in [0.1, 0.15) is 17.7 Å². The SMILES string of the molecule is C=C1C(=O)C23C(O)CC4C(C)(C)C(OC(C)=O)CC(=O)C4(C)C2CC(=O)C1C3O. The number of fused-ring (bicyclic) bond motifs is 3. The van der Waals surface area contributed by atoms with Crippen LogP contribution in [0.25, 0.3) is 0 Å². The minimum absolute atomic E-state index is 0.0227. The lowest BCUT2D eigenvalue weighted by molar-refractivity contribution is -0.230. The summed E-state index contributed by atoms with van der Waals surface area (Å²) in [5.74, 6) is -3.74. The maximum absolute atomic E-state index is 13.5. The number of ketones is 3. The van der Waals surface area contributed by atoms with Gasteiger partial charge in [0, 0.05) is 36.2 Å². The van der Waals surface area contributed by atoms with Crippen molar-refractivity contribution in [2.45, 2.75) is 65.3 Å². The highest BCUT2D eigenvalue weighted by Gasteiger charge is 2.77. The van der Waals surface area contributed by atoms with Gasteiger partial charge >= 0.3 is 5.97 Å². The van der Waals surface area contributed by atoms with E-state index in [2.05, 4.69) is 6.58 Å². The third-order valence-corrected chi connectivity index (χ3v) is 8.66. The molecule has 0 radical (unpaired) electrons. The van der Waals surface area contributed by atoms with Crippen LogP contribution in [0.1, 0.15) is 47.0 Å². The molecule has 0 aromatic heterocycles. The Hall–Kier alpha value is -1.86. The highest BCUT2D eigenvalue weighted by Crippen LogP contribution is 2.69.